The molecule has 0 spiro atoms. The zero-order chi connectivity index (χ0) is 23.8. The molecular weight excluding hydrogens is 457 g/mol. The number of rotatable bonds is 4. The third-order valence-corrected chi connectivity index (χ3v) is 7.81. The van der Waals surface area contributed by atoms with E-state index in [1.54, 1.807) is 30.3 Å². The minimum Gasteiger partial charge on any atom is -0.332 e. The van der Waals surface area contributed by atoms with E-state index in [1.807, 2.05) is 32.9 Å². The van der Waals surface area contributed by atoms with E-state index in [0.717, 1.165) is 16.8 Å². The number of nitrogens with one attached hydrogen (secondary N) is 2. The number of halogens is 1. The Hall–Kier alpha value is -2.97. The fourth-order valence-corrected chi connectivity index (χ4v) is 6.18. The first-order valence-electron chi connectivity index (χ1n) is 10.7. The summed E-state index contributed by atoms with van der Waals surface area (Å²) in [7, 11) is -3.81. The molecule has 2 N–H and O–H groups in total. The van der Waals surface area contributed by atoms with Gasteiger partial charge in [0, 0.05) is 17.4 Å². The number of sulfonamides is 1. The lowest BCUT2D eigenvalue weighted by Crippen LogP contribution is -2.42. The maximum atomic E-state index is 13.7. The van der Waals surface area contributed by atoms with E-state index >= 15 is 0 Å². The molecule has 4 rings (SSSR count). The number of aryl methyl sites for hydroxylation is 3. The van der Waals surface area contributed by atoms with Crippen molar-refractivity contribution >= 4 is 44.4 Å². The molecule has 0 aromatic heterocycles. The van der Waals surface area contributed by atoms with Crippen LogP contribution in [0.4, 0.5) is 21.5 Å². The van der Waals surface area contributed by atoms with E-state index in [-0.39, 0.29) is 16.8 Å². The second-order valence-electron chi connectivity index (χ2n) is 8.44. The Morgan fingerprint density at radius 3 is 2.27 bits per heavy atom. The minimum atomic E-state index is -3.81. The number of nitrogens with zero attached hydrogens (tertiary/aromatic N) is 1. The molecule has 0 fully saturated rings. The molecule has 0 saturated heterocycles. The minimum absolute atomic E-state index is 0.172. The first-order valence-corrected chi connectivity index (χ1v) is 12.6. The van der Waals surface area contributed by atoms with Crippen LogP contribution >= 0.6 is 12.2 Å². The summed E-state index contributed by atoms with van der Waals surface area (Å²) in [6, 6.07) is 16.6. The average Bonchev–Trinajstić information content (AvgIpc) is 2.73. The van der Waals surface area contributed by atoms with Gasteiger partial charge in [-0.15, -0.1) is 0 Å². The Morgan fingerprint density at radius 1 is 0.970 bits per heavy atom. The normalized spacial score (nSPS) is 15.6. The van der Waals surface area contributed by atoms with Crippen molar-refractivity contribution in [1.29, 1.82) is 0 Å². The number of benzene rings is 3. The van der Waals surface area contributed by atoms with Gasteiger partial charge in [-0.05, 0) is 117 Å². The van der Waals surface area contributed by atoms with E-state index in [2.05, 4.69) is 16.7 Å². The number of hydrogen-bond acceptors (Lipinski definition) is 3. The van der Waals surface area contributed by atoms with Crippen LogP contribution < -0.4 is 14.9 Å². The Kier molecular flexibility index (Phi) is 6.41. The van der Waals surface area contributed by atoms with Gasteiger partial charge in [0.25, 0.3) is 10.0 Å². The Morgan fingerprint density at radius 2 is 1.61 bits per heavy atom. The van der Waals surface area contributed by atoms with Gasteiger partial charge in [0.1, 0.15) is 5.82 Å². The summed E-state index contributed by atoms with van der Waals surface area (Å²) in [5.41, 5.74) is 5.06. The molecule has 3 aromatic rings. The second kappa shape index (κ2) is 9.11. The van der Waals surface area contributed by atoms with Gasteiger partial charge in [0.2, 0.25) is 0 Å². The molecule has 5 nitrogen and oxygen atoms in total. The van der Waals surface area contributed by atoms with Gasteiger partial charge in [0.05, 0.1) is 10.6 Å². The SMILES string of the molecule is Cc1cc(C)cc(NC(=S)Nc2ccc(S(=O)(=O)N3c4ccc(F)cc4CCC3C)cc2)c1. The predicted octanol–water partition coefficient (Wildman–Crippen LogP) is 5.78. The molecule has 1 aliphatic heterocycles. The van der Waals surface area contributed by atoms with Crippen LogP contribution in [0.25, 0.3) is 0 Å². The lowest BCUT2D eigenvalue weighted by molar-refractivity contribution is 0.560. The van der Waals surface area contributed by atoms with Gasteiger partial charge < -0.3 is 10.6 Å². The highest BCUT2D eigenvalue weighted by molar-refractivity contribution is 7.92. The van der Waals surface area contributed by atoms with Gasteiger partial charge in [0.15, 0.2) is 5.11 Å². The van der Waals surface area contributed by atoms with Crippen molar-refractivity contribution in [1.82, 2.24) is 0 Å². The Bertz CT molecular complexity index is 1290. The summed E-state index contributed by atoms with van der Waals surface area (Å²) in [4.78, 5) is 0.172. The maximum Gasteiger partial charge on any atom is 0.264 e. The monoisotopic (exact) mass is 483 g/mol. The Labute approximate surface area is 199 Å². The number of anilines is 3. The highest BCUT2D eigenvalue weighted by atomic mass is 32.2. The van der Waals surface area contributed by atoms with Crippen molar-refractivity contribution in [2.45, 2.75) is 44.6 Å². The van der Waals surface area contributed by atoms with E-state index in [0.29, 0.717) is 34.9 Å². The molecule has 1 unspecified atom stereocenters. The van der Waals surface area contributed by atoms with Gasteiger partial charge in [-0.1, -0.05) is 6.07 Å². The summed E-state index contributed by atoms with van der Waals surface area (Å²) < 4.78 is 42.0. The van der Waals surface area contributed by atoms with Crippen molar-refractivity contribution in [3.8, 4) is 0 Å². The van der Waals surface area contributed by atoms with Gasteiger partial charge >= 0.3 is 0 Å². The average molecular weight is 484 g/mol. The van der Waals surface area contributed by atoms with E-state index < -0.39 is 10.0 Å². The highest BCUT2D eigenvalue weighted by Crippen LogP contribution is 2.36. The fourth-order valence-electron chi connectivity index (χ4n) is 4.22. The van der Waals surface area contributed by atoms with Gasteiger partial charge in [-0.2, -0.15) is 0 Å². The van der Waals surface area contributed by atoms with Crippen LogP contribution in [0.1, 0.15) is 30.0 Å². The van der Waals surface area contributed by atoms with Crippen LogP contribution in [-0.4, -0.2) is 19.6 Å². The predicted molar refractivity (Wildman–Crippen MR) is 136 cm³/mol. The van der Waals surface area contributed by atoms with E-state index in [1.165, 1.54) is 16.4 Å². The molecule has 1 atom stereocenters. The second-order valence-corrected chi connectivity index (χ2v) is 10.7. The molecular formula is C25H26FN3O2S2. The molecule has 0 aliphatic carbocycles. The summed E-state index contributed by atoms with van der Waals surface area (Å²) in [6.07, 6.45) is 1.28. The first kappa shape index (κ1) is 23.2. The molecule has 0 saturated carbocycles. The molecule has 8 heteroatoms. The molecule has 3 aromatic carbocycles. The number of fused-ring (bicyclic) bond motifs is 1. The van der Waals surface area contributed by atoms with Crippen molar-refractivity contribution in [3.05, 3.63) is 83.2 Å². The van der Waals surface area contributed by atoms with Crippen LogP contribution in [0, 0.1) is 19.7 Å². The zero-order valence-electron chi connectivity index (χ0n) is 18.7. The molecule has 1 aliphatic rings. The van der Waals surface area contributed by atoms with Crippen LogP contribution in [0.15, 0.2) is 65.6 Å². The zero-order valence-corrected chi connectivity index (χ0v) is 20.4. The summed E-state index contributed by atoms with van der Waals surface area (Å²) >= 11 is 5.40. The van der Waals surface area contributed by atoms with Crippen LogP contribution in [-0.2, 0) is 16.4 Å². The molecule has 0 radical (unpaired) electrons. The van der Waals surface area contributed by atoms with Crippen molar-refractivity contribution in [2.24, 2.45) is 0 Å². The maximum absolute atomic E-state index is 13.7. The Balaban J connectivity index is 1.52. The van der Waals surface area contributed by atoms with Crippen molar-refractivity contribution < 1.29 is 12.8 Å². The molecule has 172 valence electrons. The standard InChI is InChI=1S/C25H26FN3O2S2/c1-16-12-17(2)14-22(13-16)28-25(32)27-21-7-9-23(10-8-21)33(30,31)29-18(3)4-5-19-15-20(26)6-11-24(19)29/h6-15,18H,4-5H2,1-3H3,(H2,27,28,32). The van der Waals surface area contributed by atoms with Crippen LogP contribution in [0.2, 0.25) is 0 Å². The van der Waals surface area contributed by atoms with Crippen LogP contribution in [0.5, 0.6) is 0 Å². The molecule has 1 heterocycles. The smallest absolute Gasteiger partial charge is 0.264 e. The molecule has 0 bridgehead atoms. The van der Waals surface area contributed by atoms with E-state index in [9.17, 15) is 12.8 Å². The fraction of sp³-hybridized carbons (Fsp3) is 0.240. The number of thiocarbonyl (C=S) groups is 1. The summed E-state index contributed by atoms with van der Waals surface area (Å²) in [5, 5.41) is 6.65. The lowest BCUT2D eigenvalue weighted by atomic mass is 9.99. The third kappa shape index (κ3) is 5.02. The van der Waals surface area contributed by atoms with Gasteiger partial charge in [-0.3, -0.25) is 4.31 Å². The quantitative estimate of drug-likeness (QED) is 0.461. The van der Waals surface area contributed by atoms with Crippen molar-refractivity contribution in [3.63, 3.8) is 0 Å². The summed E-state index contributed by atoms with van der Waals surface area (Å²) in [5.74, 6) is -0.360. The van der Waals surface area contributed by atoms with Crippen molar-refractivity contribution in [2.75, 3.05) is 14.9 Å². The summed E-state index contributed by atoms with van der Waals surface area (Å²) in [6.45, 7) is 5.91. The topological polar surface area (TPSA) is 61.4 Å². The highest BCUT2D eigenvalue weighted by Gasteiger charge is 2.33. The van der Waals surface area contributed by atoms with Crippen LogP contribution in [0.3, 0.4) is 0 Å². The molecule has 0 amide bonds. The van der Waals surface area contributed by atoms with Gasteiger partial charge in [-0.25, -0.2) is 12.8 Å². The molecule has 33 heavy (non-hydrogen) atoms. The third-order valence-electron chi connectivity index (χ3n) is 5.66. The number of hydrogen-bond donors (Lipinski definition) is 2. The first-order chi connectivity index (χ1) is 15.6. The lowest BCUT2D eigenvalue weighted by Gasteiger charge is -2.36. The van der Waals surface area contributed by atoms with E-state index in [4.69, 9.17) is 12.2 Å². The largest absolute Gasteiger partial charge is 0.332 e.